The molecule has 0 atom stereocenters. The molecule has 0 spiro atoms. The molecule has 18 nitrogen and oxygen atoms in total. The molecule has 0 aliphatic heterocycles. The average Bonchev–Trinajstić information content (AvgIpc) is 3.48. The van der Waals surface area contributed by atoms with Crippen LogP contribution >= 0.6 is 0 Å². The zero-order chi connectivity index (χ0) is 57.0. The second kappa shape index (κ2) is 29.1. The van der Waals surface area contributed by atoms with Gasteiger partial charge >= 0.3 is 0 Å². The number of rotatable bonds is 26. The lowest BCUT2D eigenvalue weighted by Gasteiger charge is -2.15. The van der Waals surface area contributed by atoms with Gasteiger partial charge in [-0.15, -0.1) is 0 Å². The van der Waals surface area contributed by atoms with Gasteiger partial charge in [-0.25, -0.2) is 29.9 Å². The van der Waals surface area contributed by atoms with E-state index in [1.165, 1.54) is 33.5 Å². The van der Waals surface area contributed by atoms with E-state index >= 15 is 0 Å². The average molecular weight is 1090 g/mol. The molecule has 0 saturated heterocycles. The van der Waals surface area contributed by atoms with Crippen molar-refractivity contribution in [3.8, 4) is 137 Å². The summed E-state index contributed by atoms with van der Waals surface area (Å²) in [4.78, 5) is 28.0. The molecule has 2 heterocycles. The van der Waals surface area contributed by atoms with Gasteiger partial charge in [0, 0.05) is 36.4 Å². The maximum atomic E-state index is 11.1. The zero-order valence-electron chi connectivity index (χ0n) is 46.6. The third-order valence-electron chi connectivity index (χ3n) is 12.5. The van der Waals surface area contributed by atoms with Crippen molar-refractivity contribution in [1.82, 2.24) is 29.9 Å². The number of ether oxygens (including phenoxy) is 8. The van der Waals surface area contributed by atoms with Crippen molar-refractivity contribution in [2.24, 2.45) is 0 Å². The van der Waals surface area contributed by atoms with Crippen LogP contribution in [0.3, 0.4) is 0 Å². The summed E-state index contributed by atoms with van der Waals surface area (Å²) >= 11 is 0. The summed E-state index contributed by atoms with van der Waals surface area (Å²) in [5, 5.41) is 43.3. The van der Waals surface area contributed by atoms with E-state index in [4.69, 9.17) is 52.8 Å². The molecule has 2 aromatic heterocycles. The van der Waals surface area contributed by atoms with Crippen LogP contribution in [0.5, 0.6) is 69.0 Å². The quantitative estimate of drug-likeness (QED) is 0.0369. The van der Waals surface area contributed by atoms with Crippen molar-refractivity contribution in [2.45, 2.75) is 79.1 Å². The van der Waals surface area contributed by atoms with Crippen LogP contribution in [0.4, 0.5) is 0 Å². The molecule has 0 aliphatic carbocycles. The fourth-order valence-corrected chi connectivity index (χ4v) is 7.92. The van der Waals surface area contributed by atoms with Gasteiger partial charge in [0.25, 0.3) is 0 Å². The molecular weight excluding hydrogens is 1020 g/mol. The van der Waals surface area contributed by atoms with Crippen LogP contribution in [0.1, 0.15) is 79.1 Å². The Bertz CT molecular complexity index is 3170. The first-order valence-electron chi connectivity index (χ1n) is 26.8. The number of hydrogen-bond donors (Lipinski definition) is 4. The monoisotopic (exact) mass is 1090 g/mol. The zero-order valence-corrected chi connectivity index (χ0v) is 46.6. The summed E-state index contributed by atoms with van der Waals surface area (Å²) in [6, 6.07) is 30.6. The molecule has 0 radical (unpaired) electrons. The van der Waals surface area contributed by atoms with Gasteiger partial charge in [0.2, 0.25) is 0 Å². The fourth-order valence-electron chi connectivity index (χ4n) is 7.92. The standard InChI is InChI=1S/C37H47N3O6.C25H23N3O6/c1-5-9-19-43-26-13-16-29(32(41)23-26)35-38-36(30-17-14-27(24-33(30)42)44-20-10-6-2)40-37(39-35)31-18-15-28(45-21-11-7-3)25-34(31)46-22-12-8-4;1-31-14-5-8-17(20(29)11-14)23-26-24(18-9-6-15(32-2)12-21(18)30)28-25(27-23)19-10-7-16(33-3)13-22(19)34-4/h13-18,23-25,41-42H,5-12,19-22H2,1-4H3;5-13,29-30H,1-4H3. The fraction of sp³-hybridized carbons (Fsp3) is 0.323. The largest absolute Gasteiger partial charge is 0.507 e. The van der Waals surface area contributed by atoms with Crippen molar-refractivity contribution in [3.63, 3.8) is 0 Å². The predicted molar refractivity (Wildman–Crippen MR) is 307 cm³/mol. The molecule has 0 saturated carbocycles. The van der Waals surface area contributed by atoms with E-state index in [1.54, 1.807) is 86.0 Å². The maximum absolute atomic E-state index is 11.1. The molecular formula is C62H70N6O12. The Morgan fingerprint density at radius 2 is 0.537 bits per heavy atom. The van der Waals surface area contributed by atoms with Crippen LogP contribution in [0.2, 0.25) is 0 Å². The summed E-state index contributed by atoms with van der Waals surface area (Å²) in [5.74, 6) is 5.78. The molecule has 0 bridgehead atoms. The minimum Gasteiger partial charge on any atom is -0.507 e. The first kappa shape index (κ1) is 58.6. The molecule has 0 unspecified atom stereocenters. The van der Waals surface area contributed by atoms with Gasteiger partial charge in [0.15, 0.2) is 34.9 Å². The second-order valence-corrected chi connectivity index (χ2v) is 18.3. The topological polar surface area (TPSA) is 232 Å². The number of methoxy groups -OCH3 is 4. The highest BCUT2D eigenvalue weighted by Crippen LogP contribution is 2.41. The predicted octanol–water partition coefficient (Wildman–Crippen LogP) is 13.3. The van der Waals surface area contributed by atoms with E-state index in [0.29, 0.717) is 112 Å². The molecule has 420 valence electrons. The highest BCUT2D eigenvalue weighted by molar-refractivity contribution is 5.77. The van der Waals surface area contributed by atoms with Gasteiger partial charge in [-0.05, 0) is 98.5 Å². The van der Waals surface area contributed by atoms with Crippen LogP contribution in [0.15, 0.2) is 109 Å². The van der Waals surface area contributed by atoms with Crippen molar-refractivity contribution in [3.05, 3.63) is 109 Å². The highest BCUT2D eigenvalue weighted by atomic mass is 16.5. The van der Waals surface area contributed by atoms with Crippen LogP contribution < -0.4 is 37.9 Å². The van der Waals surface area contributed by atoms with Crippen molar-refractivity contribution in [1.29, 1.82) is 0 Å². The number of nitrogens with zero attached hydrogens (tertiary/aromatic N) is 6. The Kier molecular flexibility index (Phi) is 21.3. The molecule has 8 rings (SSSR count). The maximum Gasteiger partial charge on any atom is 0.167 e. The molecule has 4 N–H and O–H groups in total. The van der Waals surface area contributed by atoms with Gasteiger partial charge in [0.05, 0.1) is 88.2 Å². The van der Waals surface area contributed by atoms with Crippen LogP contribution in [-0.4, -0.2) is 105 Å². The number of unbranched alkanes of at least 4 members (excludes halogenated alkanes) is 4. The lowest BCUT2D eigenvalue weighted by molar-refractivity contribution is 0.295. The summed E-state index contributed by atoms with van der Waals surface area (Å²) in [5.41, 5.74) is 2.76. The highest BCUT2D eigenvalue weighted by Gasteiger charge is 2.22. The smallest absolute Gasteiger partial charge is 0.167 e. The summed E-state index contributed by atoms with van der Waals surface area (Å²) in [6.07, 6.45) is 7.70. The number of benzene rings is 6. The minimum atomic E-state index is -0.0666. The summed E-state index contributed by atoms with van der Waals surface area (Å²) in [6.45, 7) is 10.7. The van der Waals surface area contributed by atoms with E-state index in [-0.39, 0.29) is 52.1 Å². The third-order valence-corrected chi connectivity index (χ3v) is 12.5. The van der Waals surface area contributed by atoms with Crippen molar-refractivity contribution >= 4 is 0 Å². The molecule has 18 heteroatoms. The van der Waals surface area contributed by atoms with Gasteiger partial charge in [0.1, 0.15) is 69.0 Å². The summed E-state index contributed by atoms with van der Waals surface area (Å²) < 4.78 is 44.9. The second-order valence-electron chi connectivity index (χ2n) is 18.3. The van der Waals surface area contributed by atoms with Gasteiger partial charge < -0.3 is 58.3 Å². The number of phenolic OH excluding ortho intramolecular Hbond substituents is 4. The first-order chi connectivity index (χ1) is 38.9. The minimum absolute atomic E-state index is 0.0277. The van der Waals surface area contributed by atoms with Crippen LogP contribution in [-0.2, 0) is 0 Å². The molecule has 8 aromatic rings. The Labute approximate surface area is 467 Å². The molecule has 6 aromatic carbocycles. The van der Waals surface area contributed by atoms with Crippen LogP contribution in [0.25, 0.3) is 68.3 Å². The summed E-state index contributed by atoms with van der Waals surface area (Å²) in [7, 11) is 6.12. The molecule has 0 aliphatic rings. The lowest BCUT2D eigenvalue weighted by Crippen LogP contribution is -2.04. The Hall–Kier alpha value is -9.06. The van der Waals surface area contributed by atoms with E-state index < -0.39 is 0 Å². The van der Waals surface area contributed by atoms with E-state index in [2.05, 4.69) is 42.6 Å². The molecule has 0 amide bonds. The van der Waals surface area contributed by atoms with Gasteiger partial charge in [-0.1, -0.05) is 53.4 Å². The number of hydrogen-bond acceptors (Lipinski definition) is 18. The Balaban J connectivity index is 0.000000241. The number of phenols is 4. The number of aromatic nitrogens is 6. The normalized spacial score (nSPS) is 10.8. The Morgan fingerprint density at radius 3 is 0.850 bits per heavy atom. The first-order valence-corrected chi connectivity index (χ1v) is 26.8. The van der Waals surface area contributed by atoms with E-state index in [0.717, 1.165) is 51.4 Å². The lowest BCUT2D eigenvalue weighted by atomic mass is 10.1. The van der Waals surface area contributed by atoms with Crippen molar-refractivity contribution in [2.75, 3.05) is 54.9 Å². The van der Waals surface area contributed by atoms with Gasteiger partial charge in [-0.3, -0.25) is 0 Å². The third kappa shape index (κ3) is 15.1. The van der Waals surface area contributed by atoms with Crippen LogP contribution in [0, 0.1) is 0 Å². The SMILES string of the molecule is CCCCOc1ccc(-c2nc(-c3ccc(OCCCC)cc3O)nc(-c3ccc(OCCCC)cc3OCCCC)n2)c(O)c1.COc1ccc(-c2nc(-c3ccc(OC)cc3O)nc(-c3ccc(OC)cc3OC)n2)c(O)c1. The van der Waals surface area contributed by atoms with E-state index in [9.17, 15) is 20.4 Å². The van der Waals surface area contributed by atoms with Gasteiger partial charge in [-0.2, -0.15) is 0 Å². The molecule has 0 fully saturated rings. The molecule has 80 heavy (non-hydrogen) atoms. The van der Waals surface area contributed by atoms with E-state index in [1.807, 2.05) is 18.2 Å². The Morgan fingerprint density at radius 1 is 0.287 bits per heavy atom. The van der Waals surface area contributed by atoms with Crippen molar-refractivity contribution < 1.29 is 58.3 Å². The number of aromatic hydroxyl groups is 4.